The van der Waals surface area contributed by atoms with E-state index < -0.39 is 27.4 Å². The zero-order valence-electron chi connectivity index (χ0n) is 29.9. The summed E-state index contributed by atoms with van der Waals surface area (Å²) >= 11 is 0. The summed E-state index contributed by atoms with van der Waals surface area (Å²) in [5.74, 6) is -1.17. The fraction of sp³-hybridized carbons (Fsp3) is 0.186. The summed E-state index contributed by atoms with van der Waals surface area (Å²) in [4.78, 5) is 26.4. The van der Waals surface area contributed by atoms with Crippen molar-refractivity contribution in [2.75, 3.05) is 7.11 Å². The van der Waals surface area contributed by atoms with Gasteiger partial charge in [0, 0.05) is 12.5 Å². The monoisotopic (exact) mass is 730 g/mol. The number of nitrogens with zero attached hydrogens (tertiary/aromatic N) is 1. The van der Waals surface area contributed by atoms with Crippen molar-refractivity contribution in [1.82, 2.24) is 0 Å². The van der Waals surface area contributed by atoms with Gasteiger partial charge in [-0.1, -0.05) is 74.2 Å². The molecule has 1 aromatic heterocycles. The number of hydrogen-bond acceptors (Lipinski definition) is 6. The SMILES string of the molecule is C=Cc1ccc(OC)cc1-c1ccc2c(C(=O)O)c3ccccc3[n+](C(CCC)S(=O)(=O)O)c2c1-c1ccc(C(=O)OCc2c(C)cccc2C)cc1. The second kappa shape index (κ2) is 15.0. The van der Waals surface area contributed by atoms with Gasteiger partial charge in [-0.3, -0.25) is 4.55 Å². The van der Waals surface area contributed by atoms with Crippen molar-refractivity contribution in [2.45, 2.75) is 45.6 Å². The third-order valence-corrected chi connectivity index (χ3v) is 10.8. The summed E-state index contributed by atoms with van der Waals surface area (Å²) < 4.78 is 50.2. The molecule has 1 heterocycles. The molecule has 10 heteroatoms. The predicted octanol–water partition coefficient (Wildman–Crippen LogP) is 9.12. The lowest BCUT2D eigenvalue weighted by atomic mass is 9.87. The van der Waals surface area contributed by atoms with E-state index in [9.17, 15) is 27.7 Å². The minimum atomic E-state index is -4.73. The topological polar surface area (TPSA) is 131 Å². The molecular weight excluding hydrogens is 691 g/mol. The molecule has 0 saturated carbocycles. The van der Waals surface area contributed by atoms with Crippen LogP contribution in [0.5, 0.6) is 5.75 Å². The molecule has 0 amide bonds. The lowest BCUT2D eigenvalue weighted by Gasteiger charge is -2.20. The number of pyridine rings is 1. The van der Waals surface area contributed by atoms with Gasteiger partial charge in [0.25, 0.3) is 5.37 Å². The zero-order valence-corrected chi connectivity index (χ0v) is 30.7. The molecular formula is C43H40NO8S+. The molecule has 0 fully saturated rings. The van der Waals surface area contributed by atoms with E-state index in [2.05, 4.69) is 6.58 Å². The van der Waals surface area contributed by atoms with Crippen molar-refractivity contribution >= 4 is 49.9 Å². The molecule has 270 valence electrons. The Bertz CT molecular complexity index is 2500. The molecule has 0 spiro atoms. The Kier molecular flexibility index (Phi) is 10.5. The number of esters is 1. The predicted molar refractivity (Wildman–Crippen MR) is 207 cm³/mol. The summed E-state index contributed by atoms with van der Waals surface area (Å²) in [6.07, 6.45) is 2.13. The van der Waals surface area contributed by atoms with Gasteiger partial charge in [-0.25, -0.2) is 9.59 Å². The minimum absolute atomic E-state index is 0.0217. The summed E-state index contributed by atoms with van der Waals surface area (Å²) in [6, 6.07) is 28.2. The van der Waals surface area contributed by atoms with Crippen LogP contribution in [0.2, 0.25) is 0 Å². The van der Waals surface area contributed by atoms with Crippen LogP contribution in [-0.4, -0.2) is 37.1 Å². The van der Waals surface area contributed by atoms with Crippen LogP contribution in [0.15, 0.2) is 104 Å². The summed E-state index contributed by atoms with van der Waals surface area (Å²) in [5.41, 5.74) is 6.89. The fourth-order valence-electron chi connectivity index (χ4n) is 7.05. The van der Waals surface area contributed by atoms with E-state index in [4.69, 9.17) is 9.47 Å². The summed E-state index contributed by atoms with van der Waals surface area (Å²) in [6.45, 7) is 9.85. The van der Waals surface area contributed by atoms with Crippen molar-refractivity contribution < 1.29 is 41.7 Å². The molecule has 2 N–H and O–H groups in total. The smallest absolute Gasteiger partial charge is 0.338 e. The quantitative estimate of drug-likeness (QED) is 0.0552. The molecule has 53 heavy (non-hydrogen) atoms. The molecule has 6 aromatic rings. The van der Waals surface area contributed by atoms with E-state index >= 15 is 0 Å². The molecule has 1 unspecified atom stereocenters. The van der Waals surface area contributed by atoms with Gasteiger partial charge in [-0.2, -0.15) is 13.0 Å². The van der Waals surface area contributed by atoms with E-state index in [0.29, 0.717) is 50.9 Å². The summed E-state index contributed by atoms with van der Waals surface area (Å²) in [7, 11) is -3.18. The van der Waals surface area contributed by atoms with Crippen molar-refractivity contribution in [2.24, 2.45) is 0 Å². The van der Waals surface area contributed by atoms with Crippen LogP contribution >= 0.6 is 0 Å². The second-order valence-corrected chi connectivity index (χ2v) is 14.5. The third kappa shape index (κ3) is 7.03. The molecule has 0 saturated heterocycles. The Morgan fingerprint density at radius 2 is 1.58 bits per heavy atom. The van der Waals surface area contributed by atoms with E-state index in [1.165, 1.54) is 4.57 Å². The van der Waals surface area contributed by atoms with Gasteiger partial charge in [0.15, 0.2) is 0 Å². The molecule has 0 radical (unpaired) electrons. The molecule has 9 nitrogen and oxygen atoms in total. The first-order valence-electron chi connectivity index (χ1n) is 17.2. The number of ether oxygens (including phenoxy) is 2. The number of hydrogen-bond donors (Lipinski definition) is 2. The number of carbonyl (C=O) groups excluding carboxylic acids is 1. The first-order valence-corrected chi connectivity index (χ1v) is 18.7. The lowest BCUT2D eigenvalue weighted by Crippen LogP contribution is -2.46. The van der Waals surface area contributed by atoms with Gasteiger partial charge in [-0.15, -0.1) is 0 Å². The Morgan fingerprint density at radius 1 is 0.887 bits per heavy atom. The number of aromatic nitrogens is 1. The number of carbonyl (C=O) groups is 2. The molecule has 0 aliphatic carbocycles. The van der Waals surface area contributed by atoms with Crippen LogP contribution in [0, 0.1) is 13.8 Å². The van der Waals surface area contributed by atoms with E-state index in [1.807, 2.05) is 51.1 Å². The molecule has 6 rings (SSSR count). The van der Waals surface area contributed by atoms with Crippen LogP contribution in [0.4, 0.5) is 0 Å². The van der Waals surface area contributed by atoms with Gasteiger partial charge < -0.3 is 14.6 Å². The average molecular weight is 731 g/mol. The first kappa shape index (κ1) is 36.9. The fourth-order valence-corrected chi connectivity index (χ4v) is 8.07. The van der Waals surface area contributed by atoms with Crippen LogP contribution in [0.3, 0.4) is 0 Å². The van der Waals surface area contributed by atoms with Crippen LogP contribution < -0.4 is 9.30 Å². The number of carboxylic acid groups (broad SMARTS) is 1. The molecule has 5 aromatic carbocycles. The Balaban J connectivity index is 1.69. The summed E-state index contributed by atoms with van der Waals surface area (Å²) in [5, 5.41) is 9.80. The highest BCUT2D eigenvalue weighted by Gasteiger charge is 2.39. The number of fused-ring (bicyclic) bond motifs is 2. The average Bonchev–Trinajstić information content (AvgIpc) is 3.14. The van der Waals surface area contributed by atoms with Gasteiger partial charge in [0.05, 0.1) is 34.6 Å². The minimum Gasteiger partial charge on any atom is -0.497 e. The number of methoxy groups -OCH3 is 1. The number of para-hydroxylation sites is 1. The van der Waals surface area contributed by atoms with Crippen LogP contribution in [-0.2, 0) is 21.5 Å². The van der Waals surface area contributed by atoms with Crippen molar-refractivity contribution in [3.05, 3.63) is 137 Å². The molecule has 1 atom stereocenters. The van der Waals surface area contributed by atoms with Gasteiger partial charge in [0.2, 0.25) is 11.0 Å². The van der Waals surface area contributed by atoms with E-state index in [1.54, 1.807) is 79.9 Å². The van der Waals surface area contributed by atoms with E-state index in [0.717, 1.165) is 22.3 Å². The van der Waals surface area contributed by atoms with Crippen molar-refractivity contribution in [3.63, 3.8) is 0 Å². The number of aryl methyl sites for hydroxylation is 2. The number of rotatable bonds is 12. The Hall–Kier alpha value is -5.84. The number of carboxylic acids is 1. The Morgan fingerprint density at radius 3 is 2.21 bits per heavy atom. The lowest BCUT2D eigenvalue weighted by molar-refractivity contribution is -0.651. The van der Waals surface area contributed by atoms with Gasteiger partial charge in [-0.05, 0) is 95.6 Å². The zero-order chi connectivity index (χ0) is 38.0. The highest BCUT2D eigenvalue weighted by atomic mass is 32.2. The van der Waals surface area contributed by atoms with Crippen molar-refractivity contribution in [1.29, 1.82) is 0 Å². The van der Waals surface area contributed by atoms with Gasteiger partial charge >= 0.3 is 22.1 Å². The maximum Gasteiger partial charge on any atom is 0.338 e. The van der Waals surface area contributed by atoms with Crippen LogP contribution in [0.25, 0.3) is 50.1 Å². The maximum absolute atomic E-state index is 13.3. The molecule has 0 aliphatic heterocycles. The maximum atomic E-state index is 13.3. The van der Waals surface area contributed by atoms with Gasteiger partial charge in [0.1, 0.15) is 12.4 Å². The number of aromatic carboxylic acids is 1. The van der Waals surface area contributed by atoms with Crippen molar-refractivity contribution in [3.8, 4) is 28.0 Å². The molecule has 0 bridgehead atoms. The standard InChI is InChI=1S/C43H39NO8S/c1-6-11-38(53(48,49)50)44-37-15-9-8-14-33(37)40(42(45)46)34-23-22-32(35-24-31(51-5)21-20-28(35)7-2)39(41(34)44)29-16-18-30(19-17-29)43(47)52-25-36-26(3)12-10-13-27(36)4/h7-10,12-24,38H,2,6,11,25H2,1,3-5H3,(H-,45,46,48,49,50)/p+1. The molecule has 0 aliphatic rings. The number of benzene rings is 5. The highest BCUT2D eigenvalue weighted by molar-refractivity contribution is 7.85. The normalized spacial score (nSPS) is 12.1. The third-order valence-electron chi connectivity index (χ3n) is 9.67. The van der Waals surface area contributed by atoms with Crippen LogP contribution in [0.1, 0.15) is 68.1 Å². The first-order chi connectivity index (χ1) is 25.4. The second-order valence-electron chi connectivity index (χ2n) is 12.9. The Labute approximate surface area is 308 Å². The largest absolute Gasteiger partial charge is 0.497 e. The van der Waals surface area contributed by atoms with E-state index in [-0.39, 0.29) is 29.5 Å². The highest BCUT2D eigenvalue weighted by Crippen LogP contribution is 2.43.